The molecule has 2 atom stereocenters. The third-order valence-electron chi connectivity index (χ3n) is 4.79. The fourth-order valence-corrected chi connectivity index (χ4v) is 3.34. The number of ether oxygens (including phenoxy) is 2. The summed E-state index contributed by atoms with van der Waals surface area (Å²) < 4.78 is 11.5. The van der Waals surface area contributed by atoms with Crippen LogP contribution in [0.3, 0.4) is 0 Å². The molecule has 2 saturated heterocycles. The molecule has 0 saturated carbocycles. The Labute approximate surface area is 138 Å². The van der Waals surface area contributed by atoms with Gasteiger partial charge in [-0.25, -0.2) is 0 Å². The number of anilines is 1. The van der Waals surface area contributed by atoms with Gasteiger partial charge in [-0.1, -0.05) is 0 Å². The van der Waals surface area contributed by atoms with E-state index in [2.05, 4.69) is 27.0 Å². The van der Waals surface area contributed by atoms with E-state index in [1.165, 1.54) is 25.7 Å². The molecule has 2 aliphatic heterocycles. The van der Waals surface area contributed by atoms with Crippen molar-refractivity contribution in [3.8, 4) is 0 Å². The molecule has 6 nitrogen and oxygen atoms in total. The van der Waals surface area contributed by atoms with Gasteiger partial charge in [0, 0.05) is 38.5 Å². The molecule has 0 unspecified atom stereocenters. The first-order chi connectivity index (χ1) is 11.3. The molecule has 0 aromatic carbocycles. The zero-order valence-electron chi connectivity index (χ0n) is 14.1. The van der Waals surface area contributed by atoms with Crippen molar-refractivity contribution in [2.24, 2.45) is 0 Å². The standard InChI is InChI=1S/C17H28N4O2/c1-20(11-13-23-17-8-2-3-12-22-17)15-6-5-10-21(14-15)16-7-4-9-18-19-16/h4,7,9,15,17H,2-3,5-6,8,10-14H2,1H3/t15-,17+/m0/s1. The van der Waals surface area contributed by atoms with Crippen molar-refractivity contribution >= 4 is 5.82 Å². The molecule has 3 rings (SSSR count). The quantitative estimate of drug-likeness (QED) is 0.798. The fourth-order valence-electron chi connectivity index (χ4n) is 3.34. The monoisotopic (exact) mass is 320 g/mol. The summed E-state index contributed by atoms with van der Waals surface area (Å²) in [5.74, 6) is 0.984. The van der Waals surface area contributed by atoms with E-state index in [0.29, 0.717) is 6.04 Å². The summed E-state index contributed by atoms with van der Waals surface area (Å²) in [5.41, 5.74) is 0. The van der Waals surface area contributed by atoms with Crippen LogP contribution in [0.4, 0.5) is 5.82 Å². The van der Waals surface area contributed by atoms with E-state index >= 15 is 0 Å². The molecular formula is C17H28N4O2. The molecular weight excluding hydrogens is 292 g/mol. The molecule has 3 heterocycles. The largest absolute Gasteiger partial charge is 0.354 e. The first-order valence-electron chi connectivity index (χ1n) is 8.79. The summed E-state index contributed by atoms with van der Waals surface area (Å²) >= 11 is 0. The molecule has 2 aliphatic rings. The number of likely N-dealkylation sites (N-methyl/N-ethyl adjacent to an activating group) is 1. The van der Waals surface area contributed by atoms with Crippen LogP contribution in [0.15, 0.2) is 18.3 Å². The average Bonchev–Trinajstić information content (AvgIpc) is 2.63. The van der Waals surface area contributed by atoms with E-state index in [0.717, 1.165) is 45.1 Å². The molecule has 0 N–H and O–H groups in total. The third-order valence-corrected chi connectivity index (χ3v) is 4.79. The minimum absolute atomic E-state index is 0.0135. The predicted octanol–water partition coefficient (Wildman–Crippen LogP) is 1.92. The smallest absolute Gasteiger partial charge is 0.157 e. The maximum atomic E-state index is 5.86. The van der Waals surface area contributed by atoms with E-state index in [1.54, 1.807) is 6.20 Å². The number of rotatable bonds is 6. The lowest BCUT2D eigenvalue weighted by atomic mass is 10.0. The number of nitrogens with zero attached hydrogens (tertiary/aromatic N) is 4. The Hall–Kier alpha value is -1.24. The number of hydrogen-bond donors (Lipinski definition) is 0. The molecule has 128 valence electrons. The third kappa shape index (κ3) is 4.86. The van der Waals surface area contributed by atoms with E-state index in [-0.39, 0.29) is 6.29 Å². The van der Waals surface area contributed by atoms with Gasteiger partial charge in [0.2, 0.25) is 0 Å². The van der Waals surface area contributed by atoms with E-state index in [1.807, 2.05) is 12.1 Å². The Morgan fingerprint density at radius 1 is 1.35 bits per heavy atom. The summed E-state index contributed by atoms with van der Waals surface area (Å²) in [6.07, 6.45) is 7.58. The van der Waals surface area contributed by atoms with Crippen LogP contribution in [0, 0.1) is 0 Å². The predicted molar refractivity (Wildman–Crippen MR) is 89.4 cm³/mol. The lowest BCUT2D eigenvalue weighted by molar-refractivity contribution is -0.164. The highest BCUT2D eigenvalue weighted by molar-refractivity contribution is 5.37. The van der Waals surface area contributed by atoms with Crippen molar-refractivity contribution in [2.75, 3.05) is 44.8 Å². The van der Waals surface area contributed by atoms with Crippen molar-refractivity contribution in [1.29, 1.82) is 0 Å². The topological polar surface area (TPSA) is 50.7 Å². The Bertz CT molecular complexity index is 453. The molecule has 0 aliphatic carbocycles. The van der Waals surface area contributed by atoms with E-state index in [4.69, 9.17) is 9.47 Å². The summed E-state index contributed by atoms with van der Waals surface area (Å²) in [7, 11) is 2.19. The second-order valence-corrected chi connectivity index (χ2v) is 6.47. The van der Waals surface area contributed by atoms with Gasteiger partial charge < -0.3 is 14.4 Å². The minimum atomic E-state index is 0.0135. The Kier molecular flexibility index (Phi) is 6.19. The first kappa shape index (κ1) is 16.6. The first-order valence-corrected chi connectivity index (χ1v) is 8.79. The molecule has 1 aromatic rings. The highest BCUT2D eigenvalue weighted by Crippen LogP contribution is 2.20. The lowest BCUT2D eigenvalue weighted by Gasteiger charge is -2.38. The van der Waals surface area contributed by atoms with Gasteiger partial charge in [-0.15, -0.1) is 5.10 Å². The zero-order chi connectivity index (χ0) is 15.9. The molecule has 0 bridgehead atoms. The van der Waals surface area contributed by atoms with Gasteiger partial charge in [-0.2, -0.15) is 5.10 Å². The van der Waals surface area contributed by atoms with Gasteiger partial charge in [-0.05, 0) is 51.3 Å². The second kappa shape index (κ2) is 8.57. The number of aromatic nitrogens is 2. The van der Waals surface area contributed by atoms with Gasteiger partial charge >= 0.3 is 0 Å². The summed E-state index contributed by atoms with van der Waals surface area (Å²) in [4.78, 5) is 4.74. The molecule has 1 aromatic heterocycles. The Morgan fingerprint density at radius 3 is 3.09 bits per heavy atom. The number of hydrogen-bond acceptors (Lipinski definition) is 6. The van der Waals surface area contributed by atoms with Crippen LogP contribution in [0.2, 0.25) is 0 Å². The fraction of sp³-hybridized carbons (Fsp3) is 0.765. The van der Waals surface area contributed by atoms with Crippen LogP contribution >= 0.6 is 0 Å². The molecule has 0 spiro atoms. The van der Waals surface area contributed by atoms with Crippen LogP contribution in [-0.2, 0) is 9.47 Å². The Morgan fingerprint density at radius 2 is 2.30 bits per heavy atom. The van der Waals surface area contributed by atoms with Gasteiger partial charge in [0.1, 0.15) is 0 Å². The van der Waals surface area contributed by atoms with E-state index in [9.17, 15) is 0 Å². The van der Waals surface area contributed by atoms with Crippen molar-refractivity contribution in [1.82, 2.24) is 15.1 Å². The van der Waals surface area contributed by atoms with Crippen LogP contribution in [0.5, 0.6) is 0 Å². The average molecular weight is 320 g/mol. The molecule has 2 fully saturated rings. The Balaban J connectivity index is 1.42. The molecule has 23 heavy (non-hydrogen) atoms. The molecule has 0 amide bonds. The highest BCUT2D eigenvalue weighted by atomic mass is 16.7. The maximum Gasteiger partial charge on any atom is 0.157 e. The zero-order valence-corrected chi connectivity index (χ0v) is 14.1. The van der Waals surface area contributed by atoms with Crippen LogP contribution in [0.25, 0.3) is 0 Å². The summed E-state index contributed by atoms with van der Waals surface area (Å²) in [6, 6.07) is 4.54. The summed E-state index contributed by atoms with van der Waals surface area (Å²) in [5, 5.41) is 8.23. The lowest BCUT2D eigenvalue weighted by Crippen LogP contribution is -2.47. The van der Waals surface area contributed by atoms with Crippen molar-refractivity contribution in [3.63, 3.8) is 0 Å². The van der Waals surface area contributed by atoms with E-state index < -0.39 is 0 Å². The normalized spacial score (nSPS) is 25.7. The minimum Gasteiger partial charge on any atom is -0.354 e. The maximum absolute atomic E-state index is 5.86. The van der Waals surface area contributed by atoms with Gasteiger partial charge in [0.25, 0.3) is 0 Å². The van der Waals surface area contributed by atoms with Gasteiger partial charge in [0.15, 0.2) is 12.1 Å². The van der Waals surface area contributed by atoms with Crippen molar-refractivity contribution in [2.45, 2.75) is 44.4 Å². The highest BCUT2D eigenvalue weighted by Gasteiger charge is 2.24. The molecule has 0 radical (unpaired) electrons. The van der Waals surface area contributed by atoms with Gasteiger partial charge in [0.05, 0.1) is 6.61 Å². The van der Waals surface area contributed by atoms with Crippen LogP contribution < -0.4 is 4.90 Å². The molecule has 6 heteroatoms. The van der Waals surface area contributed by atoms with Crippen LogP contribution in [0.1, 0.15) is 32.1 Å². The van der Waals surface area contributed by atoms with Gasteiger partial charge in [-0.3, -0.25) is 4.90 Å². The summed E-state index contributed by atoms with van der Waals surface area (Å²) in [6.45, 7) is 4.60. The van der Waals surface area contributed by atoms with Crippen molar-refractivity contribution < 1.29 is 9.47 Å². The second-order valence-electron chi connectivity index (χ2n) is 6.47. The number of piperidine rings is 1. The van der Waals surface area contributed by atoms with Crippen LogP contribution in [-0.4, -0.2) is 67.3 Å². The van der Waals surface area contributed by atoms with Crippen molar-refractivity contribution in [3.05, 3.63) is 18.3 Å². The SMILES string of the molecule is CN(CCO[C@@H]1CCCCO1)[C@H]1CCCN(c2cccnn2)C1.